The molecule has 1 aliphatic carbocycles. The lowest BCUT2D eigenvalue weighted by atomic mass is 9.76. The number of aromatic amines is 2. The van der Waals surface area contributed by atoms with E-state index in [0.29, 0.717) is 6.04 Å². The zero-order chi connectivity index (χ0) is 26.0. The number of imidazole rings is 2. The van der Waals surface area contributed by atoms with Gasteiger partial charge in [-0.2, -0.15) is 0 Å². The first-order chi connectivity index (χ1) is 19.2. The van der Waals surface area contributed by atoms with Gasteiger partial charge in [-0.25, -0.2) is 9.97 Å². The second-order valence-corrected chi connectivity index (χ2v) is 11.2. The van der Waals surface area contributed by atoms with Crippen LogP contribution in [0.15, 0.2) is 72.8 Å². The molecule has 2 aromatic heterocycles. The van der Waals surface area contributed by atoms with Crippen molar-refractivity contribution in [2.45, 2.75) is 43.7 Å². The lowest BCUT2D eigenvalue weighted by molar-refractivity contribution is 0.189. The van der Waals surface area contributed by atoms with E-state index >= 15 is 0 Å². The average Bonchev–Trinajstić information content (AvgIpc) is 3.72. The number of benzene rings is 4. The van der Waals surface area contributed by atoms with Crippen LogP contribution in [0.25, 0.3) is 55.1 Å². The second-order valence-electron chi connectivity index (χ2n) is 11.2. The molecule has 1 atom stereocenters. The van der Waals surface area contributed by atoms with Gasteiger partial charge in [-0.05, 0) is 97.6 Å². The summed E-state index contributed by atoms with van der Waals surface area (Å²) in [6.07, 6.45) is 5.88. The van der Waals surface area contributed by atoms with Crippen molar-refractivity contribution in [3.8, 4) is 22.3 Å². The standard InChI is InChI=1S/C33H32N6/c1-34-33(15-3-16-33)32-37-26-13-10-23(19-29(26)38-32)21-7-5-20(6-8-21)22-9-12-25-24(18-22)11-14-27-30(25)39-31(36-27)28-4-2-17-35-28/h5-14,18-19,28,34-35H,2-4,15-17H2,1H3,(H,36,39)(H,37,38). The van der Waals surface area contributed by atoms with E-state index in [9.17, 15) is 0 Å². The number of hydrogen-bond donors (Lipinski definition) is 4. The van der Waals surface area contributed by atoms with E-state index in [1.807, 2.05) is 7.05 Å². The van der Waals surface area contributed by atoms with Crippen molar-refractivity contribution in [2.24, 2.45) is 0 Å². The van der Waals surface area contributed by atoms with E-state index in [0.717, 1.165) is 59.5 Å². The van der Waals surface area contributed by atoms with Gasteiger partial charge in [0.25, 0.3) is 0 Å². The topological polar surface area (TPSA) is 81.4 Å². The molecule has 4 aromatic carbocycles. The molecule has 0 bridgehead atoms. The Morgan fingerprint density at radius 2 is 1.54 bits per heavy atom. The Hall–Kier alpha value is -4.00. The van der Waals surface area contributed by atoms with Crippen molar-refractivity contribution < 1.29 is 0 Å². The molecule has 1 saturated heterocycles. The van der Waals surface area contributed by atoms with Gasteiger partial charge >= 0.3 is 0 Å². The van der Waals surface area contributed by atoms with Crippen LogP contribution in [0.3, 0.4) is 0 Å². The SMILES string of the molecule is CNC1(c2nc3ccc(-c4ccc(-c5ccc6c(ccc7[nH]c(C8CCCN8)nc76)c5)cc4)cc3[nH]2)CCC1. The number of nitrogens with one attached hydrogen (secondary N) is 4. The highest BCUT2D eigenvalue weighted by Crippen LogP contribution is 2.40. The molecule has 8 rings (SSSR count). The lowest BCUT2D eigenvalue weighted by Crippen LogP contribution is -2.46. The van der Waals surface area contributed by atoms with Crippen molar-refractivity contribution >= 4 is 32.8 Å². The summed E-state index contributed by atoms with van der Waals surface area (Å²) in [6.45, 7) is 1.07. The van der Waals surface area contributed by atoms with Crippen molar-refractivity contribution in [1.82, 2.24) is 30.6 Å². The second kappa shape index (κ2) is 8.76. The van der Waals surface area contributed by atoms with Gasteiger partial charge in [0.2, 0.25) is 0 Å². The van der Waals surface area contributed by atoms with E-state index in [1.54, 1.807) is 0 Å². The third-order valence-electron chi connectivity index (χ3n) is 9.05. The summed E-state index contributed by atoms with van der Waals surface area (Å²) < 4.78 is 0. The molecule has 1 aliphatic heterocycles. The van der Waals surface area contributed by atoms with E-state index in [-0.39, 0.29) is 5.54 Å². The molecule has 1 saturated carbocycles. The highest BCUT2D eigenvalue weighted by molar-refractivity contribution is 6.05. The minimum Gasteiger partial charge on any atom is -0.341 e. The minimum absolute atomic E-state index is 0.0130. The van der Waals surface area contributed by atoms with Gasteiger partial charge in [0.05, 0.1) is 33.6 Å². The number of aromatic nitrogens is 4. The van der Waals surface area contributed by atoms with Crippen LogP contribution in [0.1, 0.15) is 49.8 Å². The third-order valence-corrected chi connectivity index (χ3v) is 9.05. The molecule has 6 aromatic rings. The van der Waals surface area contributed by atoms with Crippen LogP contribution in [-0.2, 0) is 5.54 Å². The van der Waals surface area contributed by atoms with Gasteiger partial charge in [0.1, 0.15) is 11.6 Å². The average molecular weight is 513 g/mol. The van der Waals surface area contributed by atoms with Crippen molar-refractivity contribution in [1.29, 1.82) is 0 Å². The lowest BCUT2D eigenvalue weighted by Gasteiger charge is -2.39. The Bertz CT molecular complexity index is 1830. The van der Waals surface area contributed by atoms with Crippen molar-refractivity contribution in [3.63, 3.8) is 0 Å². The predicted octanol–water partition coefficient (Wildman–Crippen LogP) is 6.95. The van der Waals surface area contributed by atoms with Gasteiger partial charge in [-0.15, -0.1) is 0 Å². The number of hydrogen-bond acceptors (Lipinski definition) is 4. The normalized spacial score (nSPS) is 18.7. The summed E-state index contributed by atoms with van der Waals surface area (Å²) in [5.41, 5.74) is 9.14. The highest BCUT2D eigenvalue weighted by atomic mass is 15.1. The summed E-state index contributed by atoms with van der Waals surface area (Å²) in [5, 5.41) is 9.45. The molecular formula is C33H32N6. The smallest absolute Gasteiger partial charge is 0.127 e. The zero-order valence-corrected chi connectivity index (χ0v) is 22.1. The quantitative estimate of drug-likeness (QED) is 0.201. The van der Waals surface area contributed by atoms with Gasteiger partial charge in [-0.3, -0.25) is 0 Å². The molecule has 39 heavy (non-hydrogen) atoms. The fraction of sp³-hybridized carbons (Fsp3) is 0.273. The Morgan fingerprint density at radius 1 is 0.769 bits per heavy atom. The Morgan fingerprint density at radius 3 is 2.26 bits per heavy atom. The van der Waals surface area contributed by atoms with Crippen LogP contribution in [0.5, 0.6) is 0 Å². The first kappa shape index (κ1) is 22.9. The third kappa shape index (κ3) is 3.70. The number of rotatable bonds is 5. The number of H-pyrrole nitrogens is 2. The maximum atomic E-state index is 4.99. The molecule has 0 amide bonds. The first-order valence-electron chi connectivity index (χ1n) is 14.1. The van der Waals surface area contributed by atoms with Gasteiger partial charge in [0, 0.05) is 5.39 Å². The maximum absolute atomic E-state index is 4.99. The van der Waals surface area contributed by atoms with Gasteiger partial charge in [0.15, 0.2) is 0 Å². The monoisotopic (exact) mass is 512 g/mol. The molecule has 1 unspecified atom stereocenters. The fourth-order valence-electron chi connectivity index (χ4n) is 6.49. The van der Waals surface area contributed by atoms with Crippen LogP contribution < -0.4 is 10.6 Å². The zero-order valence-electron chi connectivity index (χ0n) is 22.1. The highest BCUT2D eigenvalue weighted by Gasteiger charge is 2.39. The Balaban J connectivity index is 1.09. The summed E-state index contributed by atoms with van der Waals surface area (Å²) in [7, 11) is 2.04. The van der Waals surface area contributed by atoms with E-state index in [4.69, 9.17) is 9.97 Å². The summed E-state index contributed by atoms with van der Waals surface area (Å²) in [5.74, 6) is 2.12. The number of fused-ring (bicyclic) bond motifs is 4. The molecule has 3 heterocycles. The largest absolute Gasteiger partial charge is 0.341 e. The van der Waals surface area contributed by atoms with Crippen molar-refractivity contribution in [2.75, 3.05) is 13.6 Å². The van der Waals surface area contributed by atoms with Crippen LogP contribution in [0.2, 0.25) is 0 Å². The molecule has 0 spiro atoms. The molecule has 6 nitrogen and oxygen atoms in total. The Kier molecular flexibility index (Phi) is 5.15. The van der Waals surface area contributed by atoms with Crippen LogP contribution in [0.4, 0.5) is 0 Å². The Labute approximate surface area is 227 Å². The molecule has 2 fully saturated rings. The summed E-state index contributed by atoms with van der Waals surface area (Å²) in [6, 6.07) is 26.8. The van der Waals surface area contributed by atoms with Crippen LogP contribution in [0, 0.1) is 0 Å². The molecule has 6 heteroatoms. The van der Waals surface area contributed by atoms with Gasteiger partial charge < -0.3 is 20.6 Å². The summed E-state index contributed by atoms with van der Waals surface area (Å²) in [4.78, 5) is 17.0. The van der Waals surface area contributed by atoms with Gasteiger partial charge in [-0.1, -0.05) is 48.5 Å². The molecule has 0 radical (unpaired) electrons. The van der Waals surface area contributed by atoms with E-state index in [1.165, 1.54) is 45.9 Å². The predicted molar refractivity (Wildman–Crippen MR) is 159 cm³/mol. The molecule has 2 aliphatic rings. The van der Waals surface area contributed by atoms with Crippen LogP contribution in [-0.4, -0.2) is 33.5 Å². The van der Waals surface area contributed by atoms with Crippen molar-refractivity contribution in [3.05, 3.63) is 84.4 Å². The molecule has 194 valence electrons. The van der Waals surface area contributed by atoms with E-state index in [2.05, 4.69) is 93.4 Å². The number of nitrogens with zero attached hydrogens (tertiary/aromatic N) is 2. The van der Waals surface area contributed by atoms with E-state index < -0.39 is 0 Å². The first-order valence-corrected chi connectivity index (χ1v) is 14.1. The van der Waals surface area contributed by atoms with Crippen LogP contribution >= 0.6 is 0 Å². The molecule has 4 N–H and O–H groups in total. The summed E-state index contributed by atoms with van der Waals surface area (Å²) >= 11 is 0. The molecular weight excluding hydrogens is 480 g/mol. The fourth-order valence-corrected chi connectivity index (χ4v) is 6.49. The maximum Gasteiger partial charge on any atom is 0.127 e. The minimum atomic E-state index is 0.0130.